The first-order chi connectivity index (χ1) is 13.2. The van der Waals surface area contributed by atoms with E-state index in [1.54, 1.807) is 0 Å². The number of nitrogens with one attached hydrogen (secondary N) is 2. The van der Waals surface area contributed by atoms with Crippen molar-refractivity contribution in [3.63, 3.8) is 0 Å². The molecule has 0 aliphatic carbocycles. The van der Waals surface area contributed by atoms with E-state index in [1.807, 2.05) is 67.8 Å². The normalized spacial score (nSPS) is 11.2. The third-order valence-corrected chi connectivity index (χ3v) is 7.39. The molecular weight excluding hydrogens is 713 g/mol. The number of aromatic hydroxyl groups is 1. The quantitative estimate of drug-likeness (QED) is 0.156. The Morgan fingerprint density at radius 3 is 1.32 bits per heavy atom. The summed E-state index contributed by atoms with van der Waals surface area (Å²) in [6.07, 6.45) is -0.218. The molecule has 0 unspecified atom stereocenters. The lowest BCUT2D eigenvalue weighted by Gasteiger charge is -2.19. The maximum Gasteiger partial charge on any atom is 0.224 e. The minimum atomic E-state index is -0.778. The maximum absolute atomic E-state index is 12.2. The van der Waals surface area contributed by atoms with Gasteiger partial charge in [0.2, 0.25) is 11.8 Å². The first-order valence-electron chi connectivity index (χ1n) is 8.09. The molecule has 2 amide bonds. The standard InChI is InChI=1S/C16H21I3N2O7/c17-13-9(1-11(26)20-7(3-22)4-23)14(18)16(28)15(19)10(13)2-12(27)21-8(5-24)6-25/h7-8,22-25,28H,1-6H2,(H,20,26)(H,21,27). The number of aliphatic hydroxyl groups is 4. The van der Waals surface area contributed by atoms with E-state index in [2.05, 4.69) is 10.6 Å². The monoisotopic (exact) mass is 734 g/mol. The van der Waals surface area contributed by atoms with Crippen LogP contribution in [0.15, 0.2) is 0 Å². The SMILES string of the molecule is O=C(Cc1c(I)c(O)c(I)c(CC(=O)NC(CO)CO)c1I)NC(CO)CO. The van der Waals surface area contributed by atoms with Gasteiger partial charge in [-0.05, 0) is 78.9 Å². The largest absolute Gasteiger partial charge is 0.506 e. The van der Waals surface area contributed by atoms with E-state index in [1.165, 1.54) is 0 Å². The summed E-state index contributed by atoms with van der Waals surface area (Å²) in [5.41, 5.74) is 1.05. The highest BCUT2D eigenvalue weighted by atomic mass is 127. The molecule has 1 aromatic carbocycles. The van der Waals surface area contributed by atoms with E-state index < -0.39 is 50.3 Å². The lowest BCUT2D eigenvalue weighted by atomic mass is 10.0. The van der Waals surface area contributed by atoms with Crippen molar-refractivity contribution in [3.8, 4) is 5.75 Å². The van der Waals surface area contributed by atoms with Crippen LogP contribution in [0.2, 0.25) is 0 Å². The van der Waals surface area contributed by atoms with Gasteiger partial charge in [-0.3, -0.25) is 9.59 Å². The Hall–Kier alpha value is -0.0100. The van der Waals surface area contributed by atoms with Gasteiger partial charge in [0.1, 0.15) is 5.75 Å². The Morgan fingerprint density at radius 2 is 1.04 bits per heavy atom. The number of rotatable bonds is 10. The molecule has 1 rings (SSSR count). The molecule has 1 aromatic rings. The van der Waals surface area contributed by atoms with Crippen LogP contribution in [0.1, 0.15) is 11.1 Å². The first kappa shape index (κ1) is 26.0. The molecular formula is C16H21I3N2O7. The number of aliphatic hydroxyl groups excluding tert-OH is 4. The molecule has 28 heavy (non-hydrogen) atoms. The van der Waals surface area contributed by atoms with Gasteiger partial charge in [0.25, 0.3) is 0 Å². The predicted molar refractivity (Wildman–Crippen MR) is 126 cm³/mol. The second-order valence-electron chi connectivity index (χ2n) is 5.86. The predicted octanol–water partition coefficient (Wildman–Crippen LogP) is -0.770. The van der Waals surface area contributed by atoms with Gasteiger partial charge in [0.05, 0.1) is 58.5 Å². The number of hydrogen-bond donors (Lipinski definition) is 7. The zero-order chi connectivity index (χ0) is 21.4. The summed E-state index contributed by atoms with van der Waals surface area (Å²) in [4.78, 5) is 24.5. The topological polar surface area (TPSA) is 159 Å². The number of carbonyl (C=O) groups is 2. The van der Waals surface area contributed by atoms with Crippen LogP contribution in [0.25, 0.3) is 0 Å². The van der Waals surface area contributed by atoms with Crippen LogP contribution < -0.4 is 10.6 Å². The molecule has 7 N–H and O–H groups in total. The molecule has 0 saturated heterocycles. The summed E-state index contributed by atoms with van der Waals surface area (Å²) in [7, 11) is 0. The number of phenols is 1. The van der Waals surface area contributed by atoms with Crippen LogP contribution in [-0.2, 0) is 22.4 Å². The summed E-state index contributed by atoms with van der Waals surface area (Å²) in [5, 5.41) is 51.8. The highest BCUT2D eigenvalue weighted by Crippen LogP contribution is 2.36. The molecule has 0 bridgehead atoms. The molecule has 0 aliphatic rings. The fourth-order valence-corrected chi connectivity index (χ4v) is 6.17. The molecule has 0 heterocycles. The summed E-state index contributed by atoms with van der Waals surface area (Å²) >= 11 is 5.84. The average molecular weight is 734 g/mol. The second-order valence-corrected chi connectivity index (χ2v) is 9.10. The van der Waals surface area contributed by atoms with Crippen molar-refractivity contribution in [2.45, 2.75) is 24.9 Å². The third-order valence-electron chi connectivity index (χ3n) is 3.76. The van der Waals surface area contributed by atoms with Crippen LogP contribution in [0.5, 0.6) is 5.75 Å². The highest BCUT2D eigenvalue weighted by molar-refractivity contribution is 14.1. The fourth-order valence-electron chi connectivity index (χ4n) is 2.24. The van der Waals surface area contributed by atoms with Gasteiger partial charge in [-0.1, -0.05) is 0 Å². The number of benzene rings is 1. The number of hydrogen-bond acceptors (Lipinski definition) is 7. The maximum atomic E-state index is 12.2. The third kappa shape index (κ3) is 7.05. The van der Waals surface area contributed by atoms with Gasteiger partial charge in [-0.15, -0.1) is 0 Å². The number of amides is 2. The summed E-state index contributed by atoms with van der Waals surface area (Å²) in [6, 6.07) is -1.56. The molecule has 12 heteroatoms. The van der Waals surface area contributed by atoms with E-state index in [4.69, 9.17) is 20.4 Å². The Bertz CT molecular complexity index is 655. The van der Waals surface area contributed by atoms with E-state index in [-0.39, 0.29) is 18.6 Å². The minimum Gasteiger partial charge on any atom is -0.506 e. The Morgan fingerprint density at radius 1 is 0.714 bits per heavy atom. The lowest BCUT2D eigenvalue weighted by Crippen LogP contribution is -2.41. The van der Waals surface area contributed by atoms with Crippen molar-refractivity contribution >= 4 is 79.6 Å². The van der Waals surface area contributed by atoms with Crippen LogP contribution in [-0.4, -0.2) is 75.9 Å². The van der Waals surface area contributed by atoms with Gasteiger partial charge in [0.15, 0.2) is 0 Å². The van der Waals surface area contributed by atoms with Gasteiger partial charge in [-0.2, -0.15) is 0 Å². The van der Waals surface area contributed by atoms with E-state index >= 15 is 0 Å². The Labute approximate surface area is 202 Å². The average Bonchev–Trinajstić information content (AvgIpc) is 2.69. The summed E-state index contributed by atoms with van der Waals surface area (Å²) in [6.45, 7) is -1.62. The molecule has 9 nitrogen and oxygen atoms in total. The number of halogens is 3. The van der Waals surface area contributed by atoms with E-state index in [9.17, 15) is 14.7 Å². The molecule has 0 spiro atoms. The fraction of sp³-hybridized carbons (Fsp3) is 0.500. The molecule has 0 aliphatic heterocycles. The van der Waals surface area contributed by atoms with Crippen LogP contribution in [0.3, 0.4) is 0 Å². The van der Waals surface area contributed by atoms with Crippen molar-refractivity contribution in [2.75, 3.05) is 26.4 Å². The van der Waals surface area contributed by atoms with Crippen molar-refractivity contribution in [1.82, 2.24) is 10.6 Å². The van der Waals surface area contributed by atoms with Crippen LogP contribution in [0, 0.1) is 10.7 Å². The zero-order valence-corrected chi connectivity index (χ0v) is 21.1. The van der Waals surface area contributed by atoms with Gasteiger partial charge in [0, 0.05) is 3.57 Å². The van der Waals surface area contributed by atoms with Gasteiger partial charge >= 0.3 is 0 Å². The van der Waals surface area contributed by atoms with E-state index in [0.717, 1.165) is 0 Å². The zero-order valence-electron chi connectivity index (χ0n) is 14.6. The minimum absolute atomic E-state index is 0.0473. The van der Waals surface area contributed by atoms with E-state index in [0.29, 0.717) is 21.8 Å². The Balaban J connectivity index is 3.13. The van der Waals surface area contributed by atoms with Gasteiger partial charge in [-0.25, -0.2) is 0 Å². The van der Waals surface area contributed by atoms with Crippen molar-refractivity contribution in [3.05, 3.63) is 21.8 Å². The van der Waals surface area contributed by atoms with Crippen molar-refractivity contribution < 1.29 is 35.1 Å². The van der Waals surface area contributed by atoms with Gasteiger partial charge < -0.3 is 36.2 Å². The van der Waals surface area contributed by atoms with Crippen LogP contribution >= 0.6 is 67.8 Å². The molecule has 0 aromatic heterocycles. The number of carbonyl (C=O) groups excluding carboxylic acids is 2. The smallest absolute Gasteiger partial charge is 0.224 e. The molecule has 0 atom stereocenters. The number of phenolic OH excluding ortho intramolecular Hbond substituents is 1. The van der Waals surface area contributed by atoms with Crippen molar-refractivity contribution in [1.29, 1.82) is 0 Å². The summed E-state index contributed by atoms with van der Waals surface area (Å²) < 4.78 is 1.57. The molecule has 0 radical (unpaired) electrons. The molecule has 158 valence electrons. The first-order valence-corrected chi connectivity index (χ1v) is 11.3. The second kappa shape index (κ2) is 12.6. The summed E-state index contributed by atoms with van der Waals surface area (Å²) in [5.74, 6) is -0.935. The molecule has 0 saturated carbocycles. The van der Waals surface area contributed by atoms with Crippen LogP contribution in [0.4, 0.5) is 0 Å². The highest BCUT2D eigenvalue weighted by Gasteiger charge is 2.24. The van der Waals surface area contributed by atoms with Crippen molar-refractivity contribution in [2.24, 2.45) is 0 Å². The molecule has 0 fully saturated rings. The Kier molecular flexibility index (Phi) is 11.7. The lowest BCUT2D eigenvalue weighted by molar-refractivity contribution is -0.122.